The fourth-order valence-electron chi connectivity index (χ4n) is 2.07. The maximum atomic E-state index is 12.3. The second kappa shape index (κ2) is 6.93. The van der Waals surface area contributed by atoms with Crippen LogP contribution in [0.2, 0.25) is 0 Å². The first-order valence-electron chi connectivity index (χ1n) is 6.82. The van der Waals surface area contributed by atoms with Crippen molar-refractivity contribution in [3.8, 4) is 0 Å². The summed E-state index contributed by atoms with van der Waals surface area (Å²) in [7, 11) is 0. The molecule has 24 heavy (non-hydrogen) atoms. The van der Waals surface area contributed by atoms with Crippen LogP contribution in [0.4, 0.5) is 9.93 Å². The summed E-state index contributed by atoms with van der Waals surface area (Å²) in [6, 6.07) is 6.65. The topological polar surface area (TPSA) is 91.4 Å². The SMILES string of the molecule is O=C(CN1C(=O)N/C(=C\c2cccc(Br)c2)C1=O)Nc1nccs1. The third-order valence-corrected chi connectivity index (χ3v) is 4.28. The third kappa shape index (κ3) is 3.69. The number of amides is 4. The molecular weight excluding hydrogens is 396 g/mol. The van der Waals surface area contributed by atoms with E-state index in [0.29, 0.717) is 5.13 Å². The molecule has 3 rings (SSSR count). The van der Waals surface area contributed by atoms with Crippen LogP contribution in [0.3, 0.4) is 0 Å². The van der Waals surface area contributed by atoms with Crippen LogP contribution in [-0.2, 0) is 9.59 Å². The van der Waals surface area contributed by atoms with Gasteiger partial charge in [-0.1, -0.05) is 28.1 Å². The van der Waals surface area contributed by atoms with Gasteiger partial charge in [-0.3, -0.25) is 9.59 Å². The van der Waals surface area contributed by atoms with Crippen LogP contribution in [0.25, 0.3) is 6.08 Å². The monoisotopic (exact) mass is 406 g/mol. The van der Waals surface area contributed by atoms with Gasteiger partial charge in [0, 0.05) is 16.0 Å². The molecule has 0 atom stereocenters. The zero-order valence-electron chi connectivity index (χ0n) is 12.2. The fraction of sp³-hybridized carbons (Fsp3) is 0.0667. The van der Waals surface area contributed by atoms with Gasteiger partial charge in [-0.2, -0.15) is 0 Å². The van der Waals surface area contributed by atoms with Gasteiger partial charge in [0.2, 0.25) is 5.91 Å². The molecule has 9 heteroatoms. The van der Waals surface area contributed by atoms with Crippen molar-refractivity contribution in [2.24, 2.45) is 0 Å². The van der Waals surface area contributed by atoms with Gasteiger partial charge in [0.15, 0.2) is 5.13 Å². The van der Waals surface area contributed by atoms with Crippen LogP contribution in [0.1, 0.15) is 5.56 Å². The van der Waals surface area contributed by atoms with E-state index in [1.807, 2.05) is 18.2 Å². The molecule has 1 aliphatic rings. The second-order valence-corrected chi connectivity index (χ2v) is 6.63. The second-order valence-electron chi connectivity index (χ2n) is 4.82. The van der Waals surface area contributed by atoms with E-state index in [1.165, 1.54) is 11.3 Å². The van der Waals surface area contributed by atoms with E-state index in [4.69, 9.17) is 0 Å². The van der Waals surface area contributed by atoms with Crippen molar-refractivity contribution in [3.63, 3.8) is 0 Å². The number of hydrogen-bond acceptors (Lipinski definition) is 5. The first kappa shape index (κ1) is 16.3. The molecule has 1 aliphatic heterocycles. The van der Waals surface area contributed by atoms with Crippen LogP contribution in [-0.4, -0.2) is 34.3 Å². The lowest BCUT2D eigenvalue weighted by Gasteiger charge is -2.10. The normalized spacial score (nSPS) is 15.7. The highest BCUT2D eigenvalue weighted by atomic mass is 79.9. The van der Waals surface area contributed by atoms with Gasteiger partial charge in [0.25, 0.3) is 5.91 Å². The van der Waals surface area contributed by atoms with Crippen molar-refractivity contribution >= 4 is 56.3 Å². The van der Waals surface area contributed by atoms with Crippen molar-refractivity contribution < 1.29 is 14.4 Å². The zero-order valence-corrected chi connectivity index (χ0v) is 14.6. The van der Waals surface area contributed by atoms with E-state index in [-0.39, 0.29) is 12.2 Å². The summed E-state index contributed by atoms with van der Waals surface area (Å²) in [5.41, 5.74) is 0.877. The van der Waals surface area contributed by atoms with Gasteiger partial charge in [-0.05, 0) is 23.8 Å². The van der Waals surface area contributed by atoms with Crippen molar-refractivity contribution in [3.05, 3.63) is 51.6 Å². The number of anilines is 1. The summed E-state index contributed by atoms with van der Waals surface area (Å²) in [6.07, 6.45) is 3.11. The molecule has 7 nitrogen and oxygen atoms in total. The lowest BCUT2D eigenvalue weighted by Crippen LogP contribution is -2.38. The van der Waals surface area contributed by atoms with Gasteiger partial charge < -0.3 is 10.6 Å². The van der Waals surface area contributed by atoms with Crippen molar-refractivity contribution in [2.75, 3.05) is 11.9 Å². The minimum Gasteiger partial charge on any atom is -0.303 e. The smallest absolute Gasteiger partial charge is 0.303 e. The lowest BCUT2D eigenvalue weighted by atomic mass is 10.2. The fourth-order valence-corrected chi connectivity index (χ4v) is 3.03. The number of imide groups is 1. The highest BCUT2D eigenvalue weighted by Crippen LogP contribution is 2.17. The van der Waals surface area contributed by atoms with Crippen molar-refractivity contribution in [1.29, 1.82) is 0 Å². The summed E-state index contributed by atoms with van der Waals surface area (Å²) < 4.78 is 0.855. The molecule has 4 amide bonds. The molecular formula is C15H11BrN4O3S. The summed E-state index contributed by atoms with van der Waals surface area (Å²) >= 11 is 4.59. The van der Waals surface area contributed by atoms with E-state index >= 15 is 0 Å². The quantitative estimate of drug-likeness (QED) is 0.602. The van der Waals surface area contributed by atoms with Gasteiger partial charge in [-0.15, -0.1) is 11.3 Å². The average molecular weight is 407 g/mol. The Morgan fingerprint density at radius 2 is 2.25 bits per heavy atom. The molecule has 2 N–H and O–H groups in total. The van der Waals surface area contributed by atoms with Crippen molar-refractivity contribution in [1.82, 2.24) is 15.2 Å². The molecule has 0 saturated carbocycles. The standard InChI is InChI=1S/C15H11BrN4O3S/c16-10-3-1-2-9(6-10)7-11-13(22)20(15(23)18-11)8-12(21)19-14-17-4-5-24-14/h1-7H,8H2,(H,18,23)(H,17,19,21)/b11-7-. The number of halogens is 1. The predicted octanol–water partition coefficient (Wildman–Crippen LogP) is 2.44. The summed E-state index contributed by atoms with van der Waals surface area (Å²) in [6.45, 7) is -0.375. The average Bonchev–Trinajstić information content (AvgIpc) is 3.12. The Morgan fingerprint density at radius 1 is 1.42 bits per heavy atom. The van der Waals surface area contributed by atoms with Crippen LogP contribution in [0.5, 0.6) is 0 Å². The van der Waals surface area contributed by atoms with Gasteiger partial charge in [0.1, 0.15) is 12.2 Å². The van der Waals surface area contributed by atoms with Gasteiger partial charge in [0.05, 0.1) is 0 Å². The minimum atomic E-state index is -0.629. The number of hydrogen-bond donors (Lipinski definition) is 2. The largest absolute Gasteiger partial charge is 0.329 e. The maximum absolute atomic E-state index is 12.3. The maximum Gasteiger partial charge on any atom is 0.329 e. The van der Waals surface area contributed by atoms with Crippen LogP contribution < -0.4 is 10.6 Å². The van der Waals surface area contributed by atoms with E-state index in [0.717, 1.165) is 14.9 Å². The Balaban J connectivity index is 1.71. The number of urea groups is 1. The van der Waals surface area contributed by atoms with Gasteiger partial charge >= 0.3 is 6.03 Å². The lowest BCUT2D eigenvalue weighted by molar-refractivity contribution is -0.127. The van der Waals surface area contributed by atoms with E-state index in [1.54, 1.807) is 23.7 Å². The first-order chi connectivity index (χ1) is 11.5. The van der Waals surface area contributed by atoms with Crippen LogP contribution in [0, 0.1) is 0 Å². The number of benzene rings is 1. The summed E-state index contributed by atoms with van der Waals surface area (Å²) in [5, 5.41) is 7.13. The molecule has 0 aliphatic carbocycles. The van der Waals surface area contributed by atoms with Crippen molar-refractivity contribution in [2.45, 2.75) is 0 Å². The highest BCUT2D eigenvalue weighted by Gasteiger charge is 2.34. The Labute approximate surface area is 149 Å². The number of thiazole rings is 1. The third-order valence-electron chi connectivity index (χ3n) is 3.10. The Hall–Kier alpha value is -2.52. The van der Waals surface area contributed by atoms with Gasteiger partial charge in [-0.25, -0.2) is 14.7 Å². The van der Waals surface area contributed by atoms with E-state index in [9.17, 15) is 14.4 Å². The van der Waals surface area contributed by atoms with E-state index < -0.39 is 17.8 Å². The molecule has 1 aromatic carbocycles. The molecule has 2 heterocycles. The molecule has 1 fully saturated rings. The molecule has 1 aromatic heterocycles. The summed E-state index contributed by atoms with van der Waals surface area (Å²) in [5.74, 6) is -1.04. The van der Waals surface area contributed by atoms with Crippen LogP contribution >= 0.6 is 27.3 Å². The molecule has 1 saturated heterocycles. The number of rotatable bonds is 4. The predicted molar refractivity (Wildman–Crippen MR) is 93.1 cm³/mol. The number of aromatic nitrogens is 1. The molecule has 0 bridgehead atoms. The molecule has 2 aromatic rings. The zero-order chi connectivity index (χ0) is 17.1. The Bertz CT molecular complexity index is 835. The van der Waals surface area contributed by atoms with Crippen LogP contribution in [0.15, 0.2) is 46.0 Å². The molecule has 0 unspecified atom stereocenters. The minimum absolute atomic E-state index is 0.125. The number of nitrogens with one attached hydrogen (secondary N) is 2. The number of carbonyl (C=O) groups excluding carboxylic acids is 3. The number of carbonyl (C=O) groups is 3. The summed E-state index contributed by atoms with van der Waals surface area (Å²) in [4.78, 5) is 40.9. The van der Waals surface area contributed by atoms with E-state index in [2.05, 4.69) is 31.5 Å². The first-order valence-corrected chi connectivity index (χ1v) is 8.49. The molecule has 0 spiro atoms. The Kier molecular flexibility index (Phi) is 4.72. The molecule has 0 radical (unpaired) electrons. The number of nitrogens with zero attached hydrogens (tertiary/aromatic N) is 2. The Morgan fingerprint density at radius 3 is 2.96 bits per heavy atom. The highest BCUT2D eigenvalue weighted by molar-refractivity contribution is 9.10. The molecule has 122 valence electrons.